The van der Waals surface area contributed by atoms with Crippen LogP contribution < -0.4 is 4.74 Å². The fraction of sp³-hybridized carbons (Fsp3) is 0.375. The Bertz CT molecular complexity index is 1220. The maximum absolute atomic E-state index is 13.6. The quantitative estimate of drug-likeness (QED) is 0.543. The van der Waals surface area contributed by atoms with Crippen molar-refractivity contribution in [2.24, 2.45) is 0 Å². The van der Waals surface area contributed by atoms with Crippen LogP contribution in [0.15, 0.2) is 58.8 Å². The Hall–Kier alpha value is -2.26. The molecule has 6 nitrogen and oxygen atoms in total. The Morgan fingerprint density at radius 3 is 2.62 bits per heavy atom. The van der Waals surface area contributed by atoms with Gasteiger partial charge in [0.05, 0.1) is 34.3 Å². The fourth-order valence-corrected chi connectivity index (χ4v) is 7.61. The van der Waals surface area contributed by atoms with Crippen LogP contribution in [-0.2, 0) is 28.7 Å². The van der Waals surface area contributed by atoms with Crippen LogP contribution in [0.25, 0.3) is 0 Å². The summed E-state index contributed by atoms with van der Waals surface area (Å²) < 4.78 is 34.4. The van der Waals surface area contributed by atoms with Crippen molar-refractivity contribution in [3.63, 3.8) is 0 Å². The standard InChI is InChI=1S/C24H27N3O3S2/c1-3-30-21-10-8-19(9-11-21)14-26-13-12-24(17-26)22-6-4-5-7-23(22)32(28,29)27(24)15-20-16-31-18(2)25-20/h4-11,16H,3,12-15,17H2,1-2H3/t24-/m1/s1. The number of nitrogens with zero attached hydrogens (tertiary/aromatic N) is 3. The third kappa shape index (κ3) is 3.65. The first-order valence-electron chi connectivity index (χ1n) is 10.9. The monoisotopic (exact) mass is 469 g/mol. The van der Waals surface area contributed by atoms with Gasteiger partial charge in [0.2, 0.25) is 10.0 Å². The maximum atomic E-state index is 13.6. The summed E-state index contributed by atoms with van der Waals surface area (Å²) in [6.45, 7) is 7.16. The van der Waals surface area contributed by atoms with Crippen LogP contribution in [0.4, 0.5) is 0 Å². The molecule has 0 amide bonds. The second-order valence-electron chi connectivity index (χ2n) is 8.43. The minimum absolute atomic E-state index is 0.304. The van der Waals surface area contributed by atoms with Crippen LogP contribution in [0.3, 0.4) is 0 Å². The van der Waals surface area contributed by atoms with E-state index in [1.54, 1.807) is 21.7 Å². The largest absolute Gasteiger partial charge is 0.494 e. The van der Waals surface area contributed by atoms with Crippen LogP contribution in [0, 0.1) is 6.92 Å². The first kappa shape index (κ1) is 21.6. The van der Waals surface area contributed by atoms with Crippen LogP contribution in [0.1, 0.15) is 35.2 Å². The van der Waals surface area contributed by atoms with E-state index < -0.39 is 15.6 Å². The summed E-state index contributed by atoms with van der Waals surface area (Å²) in [6.07, 6.45) is 0.767. The van der Waals surface area contributed by atoms with Crippen molar-refractivity contribution in [2.45, 2.75) is 43.8 Å². The number of ether oxygens (including phenoxy) is 1. The van der Waals surface area contributed by atoms with Crippen molar-refractivity contribution in [2.75, 3.05) is 19.7 Å². The number of hydrogen-bond donors (Lipinski definition) is 0. The second-order valence-corrected chi connectivity index (χ2v) is 11.3. The average Bonchev–Trinajstić information content (AvgIpc) is 3.44. The molecule has 32 heavy (non-hydrogen) atoms. The smallest absolute Gasteiger partial charge is 0.244 e. The molecule has 2 aliphatic heterocycles. The van der Waals surface area contributed by atoms with Gasteiger partial charge in [0.15, 0.2) is 0 Å². The highest BCUT2D eigenvalue weighted by Gasteiger charge is 2.56. The molecule has 3 aromatic rings. The van der Waals surface area contributed by atoms with E-state index in [0.717, 1.165) is 41.5 Å². The molecular formula is C24H27N3O3S2. The lowest BCUT2D eigenvalue weighted by Crippen LogP contribution is -2.45. The van der Waals surface area contributed by atoms with Crippen molar-refractivity contribution in [3.8, 4) is 5.75 Å². The van der Waals surface area contributed by atoms with Crippen molar-refractivity contribution < 1.29 is 13.2 Å². The van der Waals surface area contributed by atoms with Crippen LogP contribution in [0.2, 0.25) is 0 Å². The van der Waals surface area contributed by atoms with Crippen molar-refractivity contribution in [1.29, 1.82) is 0 Å². The summed E-state index contributed by atoms with van der Waals surface area (Å²) in [7, 11) is -3.58. The van der Waals surface area contributed by atoms with Gasteiger partial charge in [-0.25, -0.2) is 13.4 Å². The van der Waals surface area contributed by atoms with Gasteiger partial charge in [-0.15, -0.1) is 11.3 Å². The number of aromatic nitrogens is 1. The third-order valence-corrected chi connectivity index (χ3v) is 9.17. The minimum Gasteiger partial charge on any atom is -0.494 e. The van der Waals surface area contributed by atoms with Gasteiger partial charge in [-0.05, 0) is 49.6 Å². The highest BCUT2D eigenvalue weighted by Crippen LogP contribution is 2.50. The number of aryl methyl sites for hydroxylation is 1. The topological polar surface area (TPSA) is 62.7 Å². The zero-order valence-corrected chi connectivity index (χ0v) is 20.0. The minimum atomic E-state index is -3.58. The summed E-state index contributed by atoms with van der Waals surface area (Å²) in [6, 6.07) is 15.7. The van der Waals surface area contributed by atoms with Gasteiger partial charge in [0.1, 0.15) is 5.75 Å². The third-order valence-electron chi connectivity index (χ3n) is 6.37. The predicted octanol–water partition coefficient (Wildman–Crippen LogP) is 4.16. The van der Waals surface area contributed by atoms with Crippen LogP contribution >= 0.6 is 11.3 Å². The molecule has 168 valence electrons. The molecule has 1 aromatic heterocycles. The Kier molecular flexibility index (Phi) is 5.57. The first-order chi connectivity index (χ1) is 15.4. The Labute approximate surface area is 193 Å². The highest BCUT2D eigenvalue weighted by molar-refractivity contribution is 7.89. The number of hydrogen-bond acceptors (Lipinski definition) is 6. The van der Waals surface area contributed by atoms with E-state index in [4.69, 9.17) is 4.74 Å². The summed E-state index contributed by atoms with van der Waals surface area (Å²) in [5.74, 6) is 0.870. The Balaban J connectivity index is 1.45. The molecule has 8 heteroatoms. The first-order valence-corrected chi connectivity index (χ1v) is 13.2. The molecule has 5 rings (SSSR count). The van der Waals surface area contributed by atoms with E-state index in [0.29, 0.717) is 24.6 Å². The van der Waals surface area contributed by atoms with Gasteiger partial charge >= 0.3 is 0 Å². The van der Waals surface area contributed by atoms with E-state index in [-0.39, 0.29) is 0 Å². The van der Waals surface area contributed by atoms with Crippen LogP contribution in [-0.4, -0.2) is 42.3 Å². The lowest BCUT2D eigenvalue weighted by molar-refractivity contribution is 0.183. The molecule has 1 spiro atoms. The van der Waals surface area contributed by atoms with Crippen molar-refractivity contribution in [1.82, 2.24) is 14.2 Å². The Morgan fingerprint density at radius 2 is 1.91 bits per heavy atom. The van der Waals surface area contributed by atoms with Gasteiger partial charge in [0.25, 0.3) is 0 Å². The van der Waals surface area contributed by atoms with Gasteiger partial charge in [-0.3, -0.25) is 4.90 Å². The zero-order chi connectivity index (χ0) is 22.3. The number of sulfonamides is 1. The molecule has 1 fully saturated rings. The average molecular weight is 470 g/mol. The molecule has 1 saturated heterocycles. The summed E-state index contributed by atoms with van der Waals surface area (Å²) in [4.78, 5) is 7.35. The Morgan fingerprint density at radius 1 is 1.12 bits per heavy atom. The van der Waals surface area contributed by atoms with Crippen molar-refractivity contribution in [3.05, 3.63) is 75.7 Å². The van der Waals surface area contributed by atoms with E-state index in [1.807, 2.05) is 49.6 Å². The zero-order valence-electron chi connectivity index (χ0n) is 18.3. The van der Waals surface area contributed by atoms with Gasteiger partial charge in [0, 0.05) is 25.0 Å². The summed E-state index contributed by atoms with van der Waals surface area (Å²) in [5, 5.41) is 2.92. The molecule has 3 heterocycles. The van der Waals surface area contributed by atoms with Gasteiger partial charge < -0.3 is 4.74 Å². The molecule has 0 saturated carbocycles. The lowest BCUT2D eigenvalue weighted by Gasteiger charge is -2.34. The number of benzene rings is 2. The molecule has 0 aliphatic carbocycles. The molecule has 2 aromatic carbocycles. The molecule has 2 aliphatic rings. The number of fused-ring (bicyclic) bond motifs is 2. The number of likely N-dealkylation sites (tertiary alicyclic amines) is 1. The molecule has 0 radical (unpaired) electrons. The summed E-state index contributed by atoms with van der Waals surface area (Å²) in [5.41, 5.74) is 2.37. The van der Waals surface area contributed by atoms with Gasteiger partial charge in [-0.2, -0.15) is 4.31 Å². The van der Waals surface area contributed by atoms with Crippen molar-refractivity contribution >= 4 is 21.4 Å². The lowest BCUT2D eigenvalue weighted by atomic mass is 9.89. The SMILES string of the molecule is CCOc1ccc(CN2CC[C@@]3(C2)c2ccccc2S(=O)(=O)N3Cc2csc(C)n2)cc1. The van der Waals surface area contributed by atoms with E-state index >= 15 is 0 Å². The van der Waals surface area contributed by atoms with E-state index in [1.165, 1.54) is 5.56 Å². The van der Waals surface area contributed by atoms with E-state index in [2.05, 4.69) is 22.0 Å². The number of thiazole rings is 1. The molecular weight excluding hydrogens is 442 g/mol. The highest BCUT2D eigenvalue weighted by atomic mass is 32.2. The molecule has 1 atom stereocenters. The number of rotatable bonds is 6. The maximum Gasteiger partial charge on any atom is 0.244 e. The fourth-order valence-electron chi connectivity index (χ4n) is 4.97. The summed E-state index contributed by atoms with van der Waals surface area (Å²) >= 11 is 1.56. The van der Waals surface area contributed by atoms with E-state index in [9.17, 15) is 8.42 Å². The predicted molar refractivity (Wildman–Crippen MR) is 125 cm³/mol. The second kappa shape index (κ2) is 8.26. The molecule has 0 N–H and O–H groups in total. The molecule has 0 bridgehead atoms. The van der Waals surface area contributed by atoms with Gasteiger partial charge in [-0.1, -0.05) is 30.3 Å². The van der Waals surface area contributed by atoms with Crippen LogP contribution in [0.5, 0.6) is 5.75 Å². The molecule has 0 unspecified atom stereocenters. The normalized spacial score (nSPS) is 22.4.